The maximum Gasteiger partial charge on any atom is 0.347 e. The van der Waals surface area contributed by atoms with Crippen LogP contribution < -0.4 is 0 Å². The summed E-state index contributed by atoms with van der Waals surface area (Å²) in [4.78, 5) is 17.0. The smallest absolute Gasteiger partial charge is 0.317 e. The maximum absolute atomic E-state index is 12.0. The van der Waals surface area contributed by atoms with Crippen molar-refractivity contribution in [3.05, 3.63) is 35.9 Å². The molecular formula is C14H14N2O2. The van der Waals surface area contributed by atoms with Crippen LogP contribution in [-0.2, 0) is 9.63 Å². The topological polar surface area (TPSA) is 62.5 Å². The summed E-state index contributed by atoms with van der Waals surface area (Å²) in [7, 11) is 0. The molecular weight excluding hydrogens is 228 g/mol. The summed E-state index contributed by atoms with van der Waals surface area (Å²) in [5.74, 6) is -0.256. The van der Waals surface area contributed by atoms with Gasteiger partial charge in [-0.1, -0.05) is 35.5 Å². The molecule has 1 aliphatic carbocycles. The SMILES string of the molecule is N=C1CCC2(CC1)C(=O)ON=C2c1ccccc1. The van der Waals surface area contributed by atoms with Crippen LogP contribution in [0.3, 0.4) is 0 Å². The monoisotopic (exact) mass is 242 g/mol. The van der Waals surface area contributed by atoms with Gasteiger partial charge < -0.3 is 10.2 Å². The molecule has 1 N–H and O–H groups in total. The zero-order valence-corrected chi connectivity index (χ0v) is 9.98. The van der Waals surface area contributed by atoms with Gasteiger partial charge in [0.15, 0.2) is 0 Å². The molecule has 0 amide bonds. The third kappa shape index (κ3) is 1.56. The van der Waals surface area contributed by atoms with Gasteiger partial charge in [-0.2, -0.15) is 0 Å². The Balaban J connectivity index is 1.99. The van der Waals surface area contributed by atoms with E-state index in [9.17, 15) is 4.79 Å². The van der Waals surface area contributed by atoms with Crippen molar-refractivity contribution >= 4 is 17.4 Å². The van der Waals surface area contributed by atoms with E-state index in [0.717, 1.165) is 11.3 Å². The number of nitrogens with one attached hydrogen (secondary N) is 1. The van der Waals surface area contributed by atoms with E-state index in [2.05, 4.69) is 5.16 Å². The zero-order chi connectivity index (χ0) is 12.6. The van der Waals surface area contributed by atoms with Gasteiger partial charge in [-0.25, -0.2) is 4.79 Å². The van der Waals surface area contributed by atoms with Crippen LogP contribution in [0.1, 0.15) is 31.2 Å². The number of benzene rings is 1. The first kappa shape index (κ1) is 11.1. The molecule has 1 aliphatic heterocycles. The average molecular weight is 242 g/mol. The molecule has 1 aromatic rings. The van der Waals surface area contributed by atoms with Gasteiger partial charge in [0.1, 0.15) is 11.1 Å². The number of hydrogen-bond acceptors (Lipinski definition) is 4. The fourth-order valence-electron chi connectivity index (χ4n) is 2.70. The van der Waals surface area contributed by atoms with Crippen LogP contribution in [0.5, 0.6) is 0 Å². The van der Waals surface area contributed by atoms with Gasteiger partial charge in [-0.3, -0.25) is 0 Å². The fraction of sp³-hybridized carbons (Fsp3) is 0.357. The molecule has 18 heavy (non-hydrogen) atoms. The number of nitrogens with zero attached hydrogens (tertiary/aromatic N) is 1. The van der Waals surface area contributed by atoms with Crippen molar-refractivity contribution in [2.45, 2.75) is 25.7 Å². The molecule has 2 aliphatic rings. The molecule has 1 aromatic carbocycles. The van der Waals surface area contributed by atoms with Gasteiger partial charge in [0.2, 0.25) is 0 Å². The maximum atomic E-state index is 12.0. The van der Waals surface area contributed by atoms with Crippen molar-refractivity contribution in [3.8, 4) is 0 Å². The second-order valence-corrected chi connectivity index (χ2v) is 4.87. The van der Waals surface area contributed by atoms with Crippen molar-refractivity contribution in [3.63, 3.8) is 0 Å². The summed E-state index contributed by atoms with van der Waals surface area (Å²) in [6.07, 6.45) is 2.58. The Morgan fingerprint density at radius 3 is 2.50 bits per heavy atom. The fourth-order valence-corrected chi connectivity index (χ4v) is 2.70. The van der Waals surface area contributed by atoms with Crippen molar-refractivity contribution < 1.29 is 9.63 Å². The Bertz CT molecular complexity index is 524. The van der Waals surface area contributed by atoms with Gasteiger partial charge in [0, 0.05) is 11.3 Å². The third-order valence-electron chi connectivity index (χ3n) is 3.82. The van der Waals surface area contributed by atoms with Crippen molar-refractivity contribution in [1.82, 2.24) is 0 Å². The van der Waals surface area contributed by atoms with Crippen LogP contribution >= 0.6 is 0 Å². The molecule has 0 saturated heterocycles. The number of rotatable bonds is 1. The van der Waals surface area contributed by atoms with Crippen LogP contribution in [0.15, 0.2) is 35.5 Å². The highest BCUT2D eigenvalue weighted by molar-refractivity contribution is 6.18. The standard InChI is InChI=1S/C14H14N2O2/c15-11-6-8-14(9-7-11)12(16-18-13(14)17)10-4-2-1-3-5-10/h1-5,15H,6-9H2. The lowest BCUT2D eigenvalue weighted by molar-refractivity contribution is -0.148. The molecule has 3 rings (SSSR count). The number of carbonyl (C=O) groups is 1. The first-order valence-corrected chi connectivity index (χ1v) is 6.14. The molecule has 1 fully saturated rings. The summed E-state index contributed by atoms with van der Waals surface area (Å²) in [5, 5.41) is 11.7. The minimum Gasteiger partial charge on any atom is -0.317 e. The molecule has 4 nitrogen and oxygen atoms in total. The van der Waals surface area contributed by atoms with Crippen molar-refractivity contribution in [1.29, 1.82) is 5.41 Å². The summed E-state index contributed by atoms with van der Waals surface area (Å²) in [5.41, 5.74) is 1.77. The molecule has 0 bridgehead atoms. The Hall–Kier alpha value is -1.97. The molecule has 4 heteroatoms. The Morgan fingerprint density at radius 2 is 1.83 bits per heavy atom. The van der Waals surface area contributed by atoms with Crippen molar-refractivity contribution in [2.75, 3.05) is 0 Å². The van der Waals surface area contributed by atoms with E-state index < -0.39 is 5.41 Å². The molecule has 0 radical (unpaired) electrons. The second-order valence-electron chi connectivity index (χ2n) is 4.87. The van der Waals surface area contributed by atoms with E-state index in [4.69, 9.17) is 10.2 Å². The van der Waals surface area contributed by atoms with Crippen LogP contribution in [-0.4, -0.2) is 17.4 Å². The summed E-state index contributed by atoms with van der Waals surface area (Å²) < 4.78 is 0. The quantitative estimate of drug-likeness (QED) is 0.769. The molecule has 1 saturated carbocycles. The highest BCUT2D eigenvalue weighted by Crippen LogP contribution is 2.42. The molecule has 0 atom stereocenters. The highest BCUT2D eigenvalue weighted by atomic mass is 16.7. The molecule has 92 valence electrons. The summed E-state index contributed by atoms with van der Waals surface area (Å²) in [6.45, 7) is 0. The zero-order valence-electron chi connectivity index (χ0n) is 9.98. The van der Waals surface area contributed by atoms with Gasteiger partial charge in [0.05, 0.1) is 0 Å². The normalized spacial score (nSPS) is 27.2. The van der Waals surface area contributed by atoms with Crippen LogP contribution in [0, 0.1) is 10.8 Å². The average Bonchev–Trinajstić information content (AvgIpc) is 2.72. The van der Waals surface area contributed by atoms with Crippen LogP contribution in [0.25, 0.3) is 0 Å². The molecule has 1 heterocycles. The number of hydrogen-bond donors (Lipinski definition) is 1. The van der Waals surface area contributed by atoms with Gasteiger partial charge in [0.25, 0.3) is 0 Å². The largest absolute Gasteiger partial charge is 0.347 e. The first-order chi connectivity index (χ1) is 8.72. The van der Waals surface area contributed by atoms with Crippen LogP contribution in [0.2, 0.25) is 0 Å². The van der Waals surface area contributed by atoms with Crippen molar-refractivity contribution in [2.24, 2.45) is 10.6 Å². The third-order valence-corrected chi connectivity index (χ3v) is 3.82. The minimum atomic E-state index is -0.619. The second kappa shape index (κ2) is 4.05. The molecule has 0 aromatic heterocycles. The van der Waals surface area contributed by atoms with E-state index >= 15 is 0 Å². The number of carbonyl (C=O) groups excluding carboxylic acids is 1. The van der Waals surface area contributed by atoms with E-state index in [-0.39, 0.29) is 5.97 Å². The highest BCUT2D eigenvalue weighted by Gasteiger charge is 2.51. The van der Waals surface area contributed by atoms with E-state index in [1.807, 2.05) is 30.3 Å². The summed E-state index contributed by atoms with van der Waals surface area (Å²) >= 11 is 0. The Morgan fingerprint density at radius 1 is 1.17 bits per heavy atom. The first-order valence-electron chi connectivity index (χ1n) is 6.14. The van der Waals surface area contributed by atoms with Gasteiger partial charge in [-0.05, 0) is 25.7 Å². The van der Waals surface area contributed by atoms with Gasteiger partial charge in [-0.15, -0.1) is 0 Å². The Kier molecular flexibility index (Phi) is 2.51. The lowest BCUT2D eigenvalue weighted by Gasteiger charge is -2.30. The summed E-state index contributed by atoms with van der Waals surface area (Å²) in [6, 6.07) is 9.69. The minimum absolute atomic E-state index is 0.256. The van der Waals surface area contributed by atoms with Gasteiger partial charge >= 0.3 is 5.97 Å². The van der Waals surface area contributed by atoms with E-state index in [1.165, 1.54) is 0 Å². The lowest BCUT2D eigenvalue weighted by Crippen LogP contribution is -2.39. The van der Waals surface area contributed by atoms with E-state index in [0.29, 0.717) is 31.4 Å². The number of oxime groups is 1. The van der Waals surface area contributed by atoms with Crippen LogP contribution in [0.4, 0.5) is 0 Å². The molecule has 1 spiro atoms. The Labute approximate surface area is 105 Å². The molecule has 0 unspecified atom stereocenters. The predicted octanol–water partition coefficient (Wildman–Crippen LogP) is 2.53. The lowest BCUT2D eigenvalue weighted by atomic mass is 9.69. The van der Waals surface area contributed by atoms with E-state index in [1.54, 1.807) is 0 Å². The predicted molar refractivity (Wildman–Crippen MR) is 67.7 cm³/mol.